The van der Waals surface area contributed by atoms with Gasteiger partial charge in [-0.2, -0.15) is 0 Å². The Labute approximate surface area is 125 Å². The number of ether oxygens (including phenoxy) is 2. The number of aryl methyl sites for hydroxylation is 1. The fourth-order valence-electron chi connectivity index (χ4n) is 2.32. The maximum atomic E-state index is 6.32. The number of benzene rings is 1. The van der Waals surface area contributed by atoms with Crippen molar-refractivity contribution in [3.8, 4) is 11.5 Å². The fourth-order valence-corrected chi connectivity index (χ4v) is 2.32. The van der Waals surface area contributed by atoms with Gasteiger partial charge in [-0.1, -0.05) is 25.1 Å². The number of methoxy groups -OCH3 is 2. The fraction of sp³-hybridized carbons (Fsp3) is 0.353. The van der Waals surface area contributed by atoms with Crippen molar-refractivity contribution < 1.29 is 9.47 Å². The predicted octanol–water partition coefficient (Wildman–Crippen LogP) is 2.90. The van der Waals surface area contributed by atoms with Crippen molar-refractivity contribution in [1.82, 2.24) is 4.98 Å². The molecule has 0 radical (unpaired) electrons. The van der Waals surface area contributed by atoms with Gasteiger partial charge in [0.2, 0.25) is 0 Å². The Hall–Kier alpha value is -2.07. The lowest BCUT2D eigenvalue weighted by Crippen LogP contribution is -2.15. The van der Waals surface area contributed by atoms with Gasteiger partial charge in [0.25, 0.3) is 0 Å². The molecule has 2 N–H and O–H groups in total. The van der Waals surface area contributed by atoms with Gasteiger partial charge in [0.05, 0.1) is 14.2 Å². The third-order valence-electron chi connectivity index (χ3n) is 3.56. The highest BCUT2D eigenvalue weighted by atomic mass is 16.5. The van der Waals surface area contributed by atoms with Gasteiger partial charge in [-0.15, -0.1) is 0 Å². The van der Waals surface area contributed by atoms with Crippen LogP contribution in [-0.4, -0.2) is 19.2 Å². The monoisotopic (exact) mass is 286 g/mol. The smallest absolute Gasteiger partial charge is 0.165 e. The van der Waals surface area contributed by atoms with Crippen LogP contribution in [0.1, 0.15) is 29.8 Å². The van der Waals surface area contributed by atoms with E-state index in [1.807, 2.05) is 30.5 Å². The first kappa shape index (κ1) is 15.3. The Bertz CT molecular complexity index is 582. The van der Waals surface area contributed by atoms with Gasteiger partial charge >= 0.3 is 0 Å². The molecule has 21 heavy (non-hydrogen) atoms. The third-order valence-corrected chi connectivity index (χ3v) is 3.56. The number of para-hydroxylation sites is 1. The summed E-state index contributed by atoms with van der Waals surface area (Å²) in [7, 11) is 3.25. The molecule has 4 nitrogen and oxygen atoms in total. The van der Waals surface area contributed by atoms with Crippen LogP contribution in [0.2, 0.25) is 0 Å². The lowest BCUT2D eigenvalue weighted by atomic mass is 10.0. The summed E-state index contributed by atoms with van der Waals surface area (Å²) in [5.41, 5.74) is 9.46. The zero-order chi connectivity index (χ0) is 15.2. The Morgan fingerprint density at radius 3 is 2.52 bits per heavy atom. The summed E-state index contributed by atoms with van der Waals surface area (Å²) in [6, 6.07) is 9.69. The van der Waals surface area contributed by atoms with Crippen LogP contribution in [0.4, 0.5) is 0 Å². The van der Waals surface area contributed by atoms with Gasteiger partial charge in [-0.05, 0) is 24.1 Å². The molecule has 0 spiro atoms. The molecule has 2 rings (SSSR count). The number of nitrogens with zero attached hydrogens (tertiary/aromatic N) is 1. The number of hydrogen-bond donors (Lipinski definition) is 1. The number of pyridine rings is 1. The minimum atomic E-state index is -0.185. The molecule has 0 saturated heterocycles. The van der Waals surface area contributed by atoms with E-state index in [-0.39, 0.29) is 6.04 Å². The maximum absolute atomic E-state index is 6.32. The van der Waals surface area contributed by atoms with Crippen LogP contribution in [0.5, 0.6) is 11.5 Å². The molecule has 2 aromatic rings. The second-order valence-corrected chi connectivity index (χ2v) is 4.90. The lowest BCUT2D eigenvalue weighted by Gasteiger charge is -2.17. The van der Waals surface area contributed by atoms with Gasteiger partial charge < -0.3 is 15.2 Å². The van der Waals surface area contributed by atoms with E-state index < -0.39 is 0 Å². The molecular weight excluding hydrogens is 264 g/mol. The van der Waals surface area contributed by atoms with Crippen molar-refractivity contribution in [3.05, 3.63) is 53.3 Å². The minimum absolute atomic E-state index is 0.185. The van der Waals surface area contributed by atoms with Crippen LogP contribution >= 0.6 is 0 Å². The summed E-state index contributed by atoms with van der Waals surface area (Å²) in [4.78, 5) is 4.46. The Morgan fingerprint density at radius 2 is 1.95 bits per heavy atom. The molecule has 0 aliphatic carbocycles. The topological polar surface area (TPSA) is 57.4 Å². The summed E-state index contributed by atoms with van der Waals surface area (Å²) >= 11 is 0. The summed E-state index contributed by atoms with van der Waals surface area (Å²) in [6.45, 7) is 2.11. The zero-order valence-electron chi connectivity index (χ0n) is 12.8. The summed E-state index contributed by atoms with van der Waals surface area (Å²) < 4.78 is 10.7. The van der Waals surface area contributed by atoms with E-state index in [4.69, 9.17) is 15.2 Å². The average molecular weight is 286 g/mol. The number of hydrogen-bond acceptors (Lipinski definition) is 4. The molecule has 1 aromatic heterocycles. The largest absolute Gasteiger partial charge is 0.493 e. The van der Waals surface area contributed by atoms with Crippen LogP contribution in [0.15, 0.2) is 36.5 Å². The minimum Gasteiger partial charge on any atom is -0.493 e. The average Bonchev–Trinajstić information content (AvgIpc) is 2.54. The molecular formula is C17H22N2O2. The second-order valence-electron chi connectivity index (χ2n) is 4.90. The molecule has 0 aliphatic rings. The van der Waals surface area contributed by atoms with E-state index in [1.54, 1.807) is 14.2 Å². The quantitative estimate of drug-likeness (QED) is 0.887. The molecule has 0 amide bonds. The van der Waals surface area contributed by atoms with E-state index in [9.17, 15) is 0 Å². The highest BCUT2D eigenvalue weighted by Gasteiger charge is 2.16. The first-order valence-electron chi connectivity index (χ1n) is 7.09. The number of aromatic nitrogens is 1. The van der Waals surface area contributed by atoms with Crippen LogP contribution in [0.3, 0.4) is 0 Å². The van der Waals surface area contributed by atoms with Gasteiger partial charge in [0.1, 0.15) is 0 Å². The van der Waals surface area contributed by atoms with Gasteiger partial charge in [0, 0.05) is 29.9 Å². The zero-order valence-corrected chi connectivity index (χ0v) is 12.8. The van der Waals surface area contributed by atoms with E-state index in [1.165, 1.54) is 5.56 Å². The van der Waals surface area contributed by atoms with Crippen LogP contribution in [-0.2, 0) is 12.8 Å². The molecule has 4 heteroatoms. The molecule has 0 aliphatic heterocycles. The molecule has 1 atom stereocenters. The van der Waals surface area contributed by atoms with Gasteiger partial charge in [-0.3, -0.25) is 4.98 Å². The number of nitrogens with two attached hydrogens (primary N) is 1. The highest BCUT2D eigenvalue weighted by Crippen LogP contribution is 2.34. The van der Waals surface area contributed by atoms with Crippen LogP contribution in [0, 0.1) is 0 Å². The van der Waals surface area contributed by atoms with Crippen molar-refractivity contribution in [2.45, 2.75) is 25.8 Å². The molecule has 1 aromatic carbocycles. The molecule has 0 bridgehead atoms. The first-order chi connectivity index (χ1) is 10.2. The molecule has 112 valence electrons. The first-order valence-corrected chi connectivity index (χ1v) is 7.09. The van der Waals surface area contributed by atoms with Crippen molar-refractivity contribution in [2.75, 3.05) is 14.2 Å². The third kappa shape index (κ3) is 3.52. The van der Waals surface area contributed by atoms with E-state index in [2.05, 4.69) is 18.0 Å². The van der Waals surface area contributed by atoms with Crippen molar-refractivity contribution in [1.29, 1.82) is 0 Å². The highest BCUT2D eigenvalue weighted by molar-refractivity contribution is 5.48. The van der Waals surface area contributed by atoms with Gasteiger partial charge in [0.15, 0.2) is 11.5 Å². The second kappa shape index (κ2) is 7.09. The van der Waals surface area contributed by atoms with E-state index in [0.717, 1.165) is 17.7 Å². The lowest BCUT2D eigenvalue weighted by molar-refractivity contribution is 0.349. The Kier molecular flexibility index (Phi) is 5.17. The van der Waals surface area contributed by atoms with E-state index >= 15 is 0 Å². The summed E-state index contributed by atoms with van der Waals surface area (Å²) in [5, 5.41) is 0. The molecule has 0 fully saturated rings. The molecule has 1 heterocycles. The molecule has 0 saturated carbocycles. The standard InChI is InChI=1S/C17H22N2O2/c1-4-12-8-9-13(19-11-12)10-15(18)14-6-5-7-16(20-2)17(14)21-3/h5-9,11,15H,4,10,18H2,1-3H3. The van der Waals surface area contributed by atoms with Crippen LogP contribution in [0.25, 0.3) is 0 Å². The summed E-state index contributed by atoms with van der Waals surface area (Å²) in [5.74, 6) is 1.39. The molecule has 1 unspecified atom stereocenters. The maximum Gasteiger partial charge on any atom is 0.165 e. The van der Waals surface area contributed by atoms with E-state index in [0.29, 0.717) is 17.9 Å². The predicted molar refractivity (Wildman–Crippen MR) is 83.8 cm³/mol. The van der Waals surface area contributed by atoms with Crippen molar-refractivity contribution in [2.24, 2.45) is 5.73 Å². The summed E-state index contributed by atoms with van der Waals surface area (Å²) in [6.07, 6.45) is 3.56. The van der Waals surface area contributed by atoms with Crippen molar-refractivity contribution in [3.63, 3.8) is 0 Å². The number of rotatable bonds is 6. The Balaban J connectivity index is 2.21. The van der Waals surface area contributed by atoms with Crippen molar-refractivity contribution >= 4 is 0 Å². The van der Waals surface area contributed by atoms with Gasteiger partial charge in [-0.25, -0.2) is 0 Å². The van der Waals surface area contributed by atoms with Crippen LogP contribution < -0.4 is 15.2 Å². The Morgan fingerprint density at radius 1 is 1.14 bits per heavy atom. The SMILES string of the molecule is CCc1ccc(CC(N)c2cccc(OC)c2OC)nc1. The normalized spacial score (nSPS) is 12.0.